The highest BCUT2D eigenvalue weighted by atomic mass is 32.2. The molecule has 8 heteroatoms. The summed E-state index contributed by atoms with van der Waals surface area (Å²) in [5.74, 6) is 1.20. The molecule has 7 nitrogen and oxygen atoms in total. The normalized spacial score (nSPS) is 14.3. The van der Waals surface area contributed by atoms with Gasteiger partial charge in [0.05, 0.1) is 5.69 Å². The molecule has 1 aromatic carbocycles. The maximum atomic E-state index is 12.1. The lowest BCUT2D eigenvalue weighted by Gasteiger charge is -2.36. The average molecular weight is 395 g/mol. The Balaban J connectivity index is 1.42. The summed E-state index contributed by atoms with van der Waals surface area (Å²) in [6.45, 7) is 5.35. The molecule has 1 saturated heterocycles. The molecule has 1 fully saturated rings. The van der Waals surface area contributed by atoms with Crippen molar-refractivity contribution in [2.75, 3.05) is 36.0 Å². The van der Waals surface area contributed by atoms with Crippen LogP contribution in [-0.2, 0) is 5.75 Å². The van der Waals surface area contributed by atoms with Crippen LogP contribution in [0.3, 0.4) is 0 Å². The second kappa shape index (κ2) is 8.43. The molecule has 0 aliphatic carbocycles. The molecule has 0 unspecified atom stereocenters. The molecule has 4 rings (SSSR count). The Bertz CT molecular complexity index is 985. The van der Waals surface area contributed by atoms with Crippen molar-refractivity contribution in [2.24, 2.45) is 0 Å². The van der Waals surface area contributed by atoms with E-state index in [4.69, 9.17) is 0 Å². The number of benzene rings is 1. The number of piperazine rings is 1. The van der Waals surface area contributed by atoms with Crippen molar-refractivity contribution in [3.05, 3.63) is 70.4 Å². The first kappa shape index (κ1) is 18.5. The third-order valence-electron chi connectivity index (χ3n) is 4.60. The van der Waals surface area contributed by atoms with Gasteiger partial charge in [0, 0.05) is 55.6 Å². The molecule has 0 amide bonds. The summed E-state index contributed by atoms with van der Waals surface area (Å²) in [7, 11) is 0. The molecule has 1 aliphatic rings. The van der Waals surface area contributed by atoms with E-state index >= 15 is 0 Å². The fourth-order valence-electron chi connectivity index (χ4n) is 3.17. The van der Waals surface area contributed by atoms with Crippen molar-refractivity contribution in [3.8, 4) is 0 Å². The molecule has 144 valence electrons. The molecule has 0 saturated carbocycles. The van der Waals surface area contributed by atoms with Crippen LogP contribution in [-0.4, -0.2) is 46.1 Å². The van der Waals surface area contributed by atoms with Crippen molar-refractivity contribution in [1.82, 2.24) is 19.9 Å². The number of rotatable bonds is 5. The second-order valence-corrected chi connectivity index (χ2v) is 7.58. The van der Waals surface area contributed by atoms with Crippen molar-refractivity contribution < 1.29 is 0 Å². The number of H-pyrrole nitrogens is 1. The lowest BCUT2D eigenvalue weighted by atomic mass is 10.2. The summed E-state index contributed by atoms with van der Waals surface area (Å²) in [6.07, 6.45) is 1.74. The average Bonchev–Trinajstić information content (AvgIpc) is 2.73. The number of hydrogen-bond acceptors (Lipinski definition) is 7. The smallest absolute Gasteiger partial charge is 0.252 e. The van der Waals surface area contributed by atoms with Crippen LogP contribution >= 0.6 is 11.8 Å². The summed E-state index contributed by atoms with van der Waals surface area (Å²) in [5.41, 5.74) is 2.76. The molecule has 0 spiro atoms. The van der Waals surface area contributed by atoms with Crippen LogP contribution in [0, 0.1) is 6.92 Å². The highest BCUT2D eigenvalue weighted by Crippen LogP contribution is 2.20. The van der Waals surface area contributed by atoms with Crippen LogP contribution in [0.4, 0.5) is 11.6 Å². The van der Waals surface area contributed by atoms with Crippen molar-refractivity contribution in [2.45, 2.75) is 17.8 Å². The summed E-state index contributed by atoms with van der Waals surface area (Å²) < 4.78 is 0. The first-order valence-corrected chi connectivity index (χ1v) is 10.2. The molecular weight excluding hydrogens is 372 g/mol. The van der Waals surface area contributed by atoms with E-state index in [0.717, 1.165) is 37.6 Å². The van der Waals surface area contributed by atoms with E-state index in [1.165, 1.54) is 17.4 Å². The van der Waals surface area contributed by atoms with Gasteiger partial charge in [-0.1, -0.05) is 30.0 Å². The van der Waals surface area contributed by atoms with Gasteiger partial charge in [0.15, 0.2) is 5.16 Å². The van der Waals surface area contributed by atoms with E-state index in [1.807, 2.05) is 19.1 Å². The van der Waals surface area contributed by atoms with E-state index < -0.39 is 0 Å². The van der Waals surface area contributed by atoms with Gasteiger partial charge in [0.1, 0.15) is 0 Å². The van der Waals surface area contributed by atoms with Gasteiger partial charge in [-0.15, -0.1) is 0 Å². The Morgan fingerprint density at radius 1 is 1.04 bits per heavy atom. The van der Waals surface area contributed by atoms with Gasteiger partial charge < -0.3 is 9.80 Å². The molecule has 1 aliphatic heterocycles. The van der Waals surface area contributed by atoms with Crippen molar-refractivity contribution >= 4 is 23.4 Å². The number of aromatic amines is 1. The fourth-order valence-corrected chi connectivity index (χ4v) is 3.94. The minimum absolute atomic E-state index is 0.128. The van der Waals surface area contributed by atoms with Crippen molar-refractivity contribution in [1.29, 1.82) is 0 Å². The standard InChI is InChI=1S/C20H22N6OS/c1-15-7-8-21-20(22-15)28-14-16-13-18(27)24-19(23-16)26-11-9-25(10-12-26)17-5-3-2-4-6-17/h2-8,13H,9-12,14H2,1H3,(H,23,24,27). The molecule has 3 aromatic rings. The monoisotopic (exact) mass is 394 g/mol. The molecule has 2 aromatic heterocycles. The van der Waals surface area contributed by atoms with Gasteiger partial charge in [-0.2, -0.15) is 0 Å². The Morgan fingerprint density at radius 3 is 2.54 bits per heavy atom. The lowest BCUT2D eigenvalue weighted by Crippen LogP contribution is -2.47. The van der Waals surface area contributed by atoms with Gasteiger partial charge in [-0.3, -0.25) is 9.78 Å². The molecular formula is C20H22N6OS. The fraction of sp³-hybridized carbons (Fsp3) is 0.300. The lowest BCUT2D eigenvalue weighted by molar-refractivity contribution is 0.638. The molecule has 1 N–H and O–H groups in total. The number of nitrogens with zero attached hydrogens (tertiary/aromatic N) is 5. The number of nitrogens with one attached hydrogen (secondary N) is 1. The maximum absolute atomic E-state index is 12.1. The van der Waals surface area contributed by atoms with Crippen LogP contribution in [0.2, 0.25) is 0 Å². The Morgan fingerprint density at radius 2 is 1.79 bits per heavy atom. The molecule has 3 heterocycles. The summed E-state index contributed by atoms with van der Waals surface area (Å²) >= 11 is 1.49. The van der Waals surface area contributed by atoms with Crippen LogP contribution in [0.25, 0.3) is 0 Å². The van der Waals surface area contributed by atoms with E-state index in [-0.39, 0.29) is 5.56 Å². The molecule has 28 heavy (non-hydrogen) atoms. The first-order chi connectivity index (χ1) is 13.7. The van der Waals surface area contributed by atoms with Crippen LogP contribution in [0.1, 0.15) is 11.4 Å². The largest absolute Gasteiger partial charge is 0.368 e. The highest BCUT2D eigenvalue weighted by Gasteiger charge is 2.19. The second-order valence-electron chi connectivity index (χ2n) is 6.64. The maximum Gasteiger partial charge on any atom is 0.252 e. The number of hydrogen-bond donors (Lipinski definition) is 1. The summed E-state index contributed by atoms with van der Waals surface area (Å²) in [4.78, 5) is 32.8. The van der Waals surface area contributed by atoms with Crippen LogP contribution in [0.5, 0.6) is 0 Å². The zero-order valence-corrected chi connectivity index (χ0v) is 16.5. The molecule has 0 atom stereocenters. The predicted molar refractivity (Wildman–Crippen MR) is 112 cm³/mol. The van der Waals surface area contributed by atoms with Gasteiger partial charge >= 0.3 is 0 Å². The molecule has 0 radical (unpaired) electrons. The summed E-state index contributed by atoms with van der Waals surface area (Å²) in [6, 6.07) is 13.8. The third-order valence-corrected chi connectivity index (χ3v) is 5.50. The van der Waals surface area contributed by atoms with Crippen LogP contribution in [0.15, 0.2) is 58.6 Å². The van der Waals surface area contributed by atoms with Crippen LogP contribution < -0.4 is 15.4 Å². The van der Waals surface area contributed by atoms with Gasteiger partial charge in [-0.05, 0) is 25.1 Å². The number of aromatic nitrogens is 4. The van der Waals surface area contributed by atoms with Crippen molar-refractivity contribution in [3.63, 3.8) is 0 Å². The number of anilines is 2. The quantitative estimate of drug-likeness (QED) is 0.526. The third kappa shape index (κ3) is 4.51. The minimum atomic E-state index is -0.128. The number of aryl methyl sites for hydroxylation is 1. The van der Waals surface area contributed by atoms with E-state index in [2.05, 4.69) is 54.0 Å². The van der Waals surface area contributed by atoms with E-state index in [0.29, 0.717) is 16.9 Å². The number of para-hydroxylation sites is 1. The van der Waals surface area contributed by atoms with E-state index in [1.54, 1.807) is 12.3 Å². The summed E-state index contributed by atoms with van der Waals surface area (Å²) in [5, 5.41) is 0.695. The SMILES string of the molecule is Cc1ccnc(SCc2cc(=O)[nH]c(N3CCN(c4ccccc4)CC3)n2)n1. The number of thioether (sulfide) groups is 1. The Kier molecular flexibility index (Phi) is 5.57. The topological polar surface area (TPSA) is 78.0 Å². The Hall–Kier alpha value is -2.87. The predicted octanol–water partition coefficient (Wildman–Crippen LogP) is 2.49. The molecule has 0 bridgehead atoms. The Labute approximate surface area is 167 Å². The van der Waals surface area contributed by atoms with E-state index in [9.17, 15) is 4.79 Å². The van der Waals surface area contributed by atoms with Gasteiger partial charge in [-0.25, -0.2) is 15.0 Å². The highest BCUT2D eigenvalue weighted by molar-refractivity contribution is 7.98. The zero-order chi connectivity index (χ0) is 19.3. The minimum Gasteiger partial charge on any atom is -0.368 e. The zero-order valence-electron chi connectivity index (χ0n) is 15.7. The van der Waals surface area contributed by atoms with Gasteiger partial charge in [0.25, 0.3) is 5.56 Å². The first-order valence-electron chi connectivity index (χ1n) is 9.25. The van der Waals surface area contributed by atoms with Gasteiger partial charge in [0.2, 0.25) is 5.95 Å².